The van der Waals surface area contributed by atoms with E-state index in [4.69, 9.17) is 27.9 Å². The van der Waals surface area contributed by atoms with Crippen molar-refractivity contribution < 1.29 is 9.13 Å². The summed E-state index contributed by atoms with van der Waals surface area (Å²) >= 11 is 11.3. The van der Waals surface area contributed by atoms with Crippen LogP contribution in [0, 0.1) is 5.82 Å². The van der Waals surface area contributed by atoms with Crippen molar-refractivity contribution in [2.75, 3.05) is 7.11 Å². The van der Waals surface area contributed by atoms with Crippen LogP contribution in [0.2, 0.25) is 5.02 Å². The lowest BCUT2D eigenvalue weighted by molar-refractivity contribution is 0.383. The van der Waals surface area contributed by atoms with Gasteiger partial charge in [-0.15, -0.1) is 11.6 Å². The highest BCUT2D eigenvalue weighted by Gasteiger charge is 2.11. The van der Waals surface area contributed by atoms with E-state index in [0.29, 0.717) is 10.6 Å². The molecule has 0 saturated carbocycles. The first-order chi connectivity index (χ1) is 5.70. The molecule has 0 spiro atoms. The van der Waals surface area contributed by atoms with Crippen LogP contribution in [0.25, 0.3) is 0 Å². The largest absolute Gasteiger partial charge is 0.493 e. The first-order valence-electron chi connectivity index (χ1n) is 3.27. The minimum absolute atomic E-state index is 0.123. The van der Waals surface area contributed by atoms with Crippen molar-refractivity contribution in [3.8, 4) is 5.75 Å². The van der Waals surface area contributed by atoms with Crippen molar-refractivity contribution in [2.24, 2.45) is 0 Å². The van der Waals surface area contributed by atoms with Gasteiger partial charge in [-0.05, 0) is 12.1 Å². The smallest absolute Gasteiger partial charge is 0.165 e. The van der Waals surface area contributed by atoms with Gasteiger partial charge in [-0.25, -0.2) is 4.39 Å². The zero-order valence-corrected chi connectivity index (χ0v) is 7.92. The van der Waals surface area contributed by atoms with Crippen LogP contribution in [0.4, 0.5) is 4.39 Å². The molecule has 0 fully saturated rings. The molecule has 0 aromatic heterocycles. The molecule has 4 heteroatoms. The molecule has 0 aliphatic rings. The van der Waals surface area contributed by atoms with E-state index in [2.05, 4.69) is 0 Å². The van der Waals surface area contributed by atoms with Crippen molar-refractivity contribution in [1.29, 1.82) is 0 Å². The first-order valence-corrected chi connectivity index (χ1v) is 4.18. The second-order valence-electron chi connectivity index (χ2n) is 2.17. The van der Waals surface area contributed by atoms with Crippen LogP contribution >= 0.6 is 23.2 Å². The van der Waals surface area contributed by atoms with Crippen LogP contribution in [-0.4, -0.2) is 7.11 Å². The standard InChI is InChI=1S/C8H7Cl2FO/c1-12-8-5(4-9)6(10)2-3-7(8)11/h2-3H,4H2,1H3. The Morgan fingerprint density at radius 1 is 1.50 bits per heavy atom. The molecule has 0 atom stereocenters. The van der Waals surface area contributed by atoms with Crippen molar-refractivity contribution in [3.63, 3.8) is 0 Å². The van der Waals surface area contributed by atoms with Gasteiger partial charge in [0.1, 0.15) is 0 Å². The van der Waals surface area contributed by atoms with E-state index in [1.807, 2.05) is 0 Å². The minimum Gasteiger partial charge on any atom is -0.493 e. The van der Waals surface area contributed by atoms with Crippen molar-refractivity contribution in [1.82, 2.24) is 0 Å². The summed E-state index contributed by atoms with van der Waals surface area (Å²) in [5.74, 6) is -0.185. The van der Waals surface area contributed by atoms with Gasteiger partial charge in [0, 0.05) is 10.6 Å². The number of ether oxygens (including phenoxy) is 1. The van der Waals surface area contributed by atoms with Crippen LogP contribution in [0.1, 0.15) is 5.56 Å². The summed E-state index contributed by atoms with van der Waals surface area (Å²) in [5.41, 5.74) is 0.487. The Bertz CT molecular complexity index is 260. The van der Waals surface area contributed by atoms with Gasteiger partial charge in [0.25, 0.3) is 0 Å². The lowest BCUT2D eigenvalue weighted by Crippen LogP contribution is -1.94. The molecule has 0 amide bonds. The monoisotopic (exact) mass is 208 g/mol. The number of rotatable bonds is 2. The summed E-state index contributed by atoms with van der Waals surface area (Å²) in [4.78, 5) is 0. The summed E-state index contributed by atoms with van der Waals surface area (Å²) in [6.45, 7) is 0. The van der Waals surface area contributed by atoms with Gasteiger partial charge >= 0.3 is 0 Å². The average molecular weight is 209 g/mol. The van der Waals surface area contributed by atoms with Gasteiger partial charge in [0.05, 0.1) is 13.0 Å². The normalized spacial score (nSPS) is 10.0. The van der Waals surface area contributed by atoms with Gasteiger partial charge in [-0.1, -0.05) is 11.6 Å². The molecule has 1 aromatic rings. The molecule has 0 unspecified atom stereocenters. The molecule has 0 bridgehead atoms. The maximum absolute atomic E-state index is 13.0. The molecule has 0 aliphatic heterocycles. The summed E-state index contributed by atoms with van der Waals surface area (Å²) in [6, 6.07) is 2.70. The van der Waals surface area contributed by atoms with Crippen LogP contribution in [0.5, 0.6) is 5.75 Å². The second-order valence-corrected chi connectivity index (χ2v) is 2.85. The molecule has 12 heavy (non-hydrogen) atoms. The van der Waals surface area contributed by atoms with Crippen LogP contribution in [0.15, 0.2) is 12.1 Å². The van der Waals surface area contributed by atoms with E-state index in [0.717, 1.165) is 0 Å². The number of halogens is 3. The summed E-state index contributed by atoms with van der Waals surface area (Å²) in [5, 5.41) is 0.420. The lowest BCUT2D eigenvalue weighted by Gasteiger charge is -2.07. The van der Waals surface area contributed by atoms with Gasteiger partial charge in [-0.2, -0.15) is 0 Å². The number of methoxy groups -OCH3 is 1. The third kappa shape index (κ3) is 1.65. The molecule has 0 aliphatic carbocycles. The quantitative estimate of drug-likeness (QED) is 0.679. The fourth-order valence-corrected chi connectivity index (χ4v) is 1.47. The molecular formula is C8H7Cl2FO. The van der Waals surface area contributed by atoms with E-state index in [1.54, 1.807) is 0 Å². The van der Waals surface area contributed by atoms with Gasteiger partial charge in [0.15, 0.2) is 11.6 Å². The van der Waals surface area contributed by atoms with E-state index >= 15 is 0 Å². The number of benzene rings is 1. The molecule has 1 aromatic carbocycles. The number of hydrogen-bond donors (Lipinski definition) is 0. The molecule has 0 N–H and O–H groups in total. The average Bonchev–Trinajstić information content (AvgIpc) is 2.08. The van der Waals surface area contributed by atoms with Crippen LogP contribution in [0.3, 0.4) is 0 Å². The highest BCUT2D eigenvalue weighted by Crippen LogP contribution is 2.30. The second kappa shape index (κ2) is 3.97. The molecule has 66 valence electrons. The maximum atomic E-state index is 13.0. The highest BCUT2D eigenvalue weighted by atomic mass is 35.5. The predicted octanol–water partition coefficient (Wildman–Crippen LogP) is 3.23. The Labute approximate surface area is 80.0 Å². The topological polar surface area (TPSA) is 9.23 Å². The zero-order valence-electron chi connectivity index (χ0n) is 6.40. The Morgan fingerprint density at radius 3 is 2.58 bits per heavy atom. The minimum atomic E-state index is -0.447. The van der Waals surface area contributed by atoms with E-state index in [9.17, 15) is 4.39 Å². The number of alkyl halides is 1. The predicted molar refractivity (Wildman–Crippen MR) is 47.5 cm³/mol. The van der Waals surface area contributed by atoms with Crippen LogP contribution in [-0.2, 0) is 5.88 Å². The molecule has 0 radical (unpaired) electrons. The van der Waals surface area contributed by atoms with Crippen molar-refractivity contribution in [3.05, 3.63) is 28.5 Å². The number of hydrogen-bond acceptors (Lipinski definition) is 1. The first kappa shape index (κ1) is 9.62. The third-order valence-corrected chi connectivity index (χ3v) is 2.11. The SMILES string of the molecule is COc1c(F)ccc(Cl)c1CCl. The van der Waals surface area contributed by atoms with Crippen molar-refractivity contribution >= 4 is 23.2 Å². The lowest BCUT2D eigenvalue weighted by atomic mass is 10.2. The molecule has 0 saturated heterocycles. The maximum Gasteiger partial charge on any atom is 0.165 e. The molecule has 0 heterocycles. The zero-order chi connectivity index (χ0) is 9.14. The van der Waals surface area contributed by atoms with Crippen molar-refractivity contribution in [2.45, 2.75) is 5.88 Å². The molecule has 1 nitrogen and oxygen atoms in total. The Hall–Kier alpha value is -0.470. The van der Waals surface area contributed by atoms with E-state index in [-0.39, 0.29) is 11.6 Å². The Morgan fingerprint density at radius 2 is 2.17 bits per heavy atom. The molecular weight excluding hydrogens is 202 g/mol. The van der Waals surface area contributed by atoms with E-state index < -0.39 is 5.82 Å². The Balaban J connectivity index is 3.28. The molecule has 1 rings (SSSR count). The fourth-order valence-electron chi connectivity index (χ4n) is 0.920. The summed E-state index contributed by atoms with van der Waals surface area (Å²) in [7, 11) is 1.38. The summed E-state index contributed by atoms with van der Waals surface area (Å²) < 4.78 is 17.8. The Kier molecular flexibility index (Phi) is 3.18. The van der Waals surface area contributed by atoms with Gasteiger partial charge < -0.3 is 4.74 Å². The van der Waals surface area contributed by atoms with E-state index in [1.165, 1.54) is 19.2 Å². The van der Waals surface area contributed by atoms with Crippen LogP contribution < -0.4 is 4.74 Å². The highest BCUT2D eigenvalue weighted by molar-refractivity contribution is 6.32. The third-order valence-electron chi connectivity index (χ3n) is 1.49. The van der Waals surface area contributed by atoms with Gasteiger partial charge in [0.2, 0.25) is 0 Å². The summed E-state index contributed by atoms with van der Waals surface area (Å²) in [6.07, 6.45) is 0. The fraction of sp³-hybridized carbons (Fsp3) is 0.250. The van der Waals surface area contributed by atoms with Gasteiger partial charge in [-0.3, -0.25) is 0 Å².